The molecule has 1 aromatic heterocycles. The molecule has 2 aromatic rings. The summed E-state index contributed by atoms with van der Waals surface area (Å²) in [7, 11) is 0. The monoisotopic (exact) mass is 415 g/mol. The predicted octanol–water partition coefficient (Wildman–Crippen LogP) is 4.09. The van der Waals surface area contributed by atoms with E-state index in [1.54, 1.807) is 0 Å². The second kappa shape index (κ2) is 10.3. The number of carbonyl (C=O) groups is 1. The molecule has 1 fully saturated rings. The summed E-state index contributed by atoms with van der Waals surface area (Å²) < 4.78 is 0. The van der Waals surface area contributed by atoms with E-state index in [2.05, 4.69) is 17.1 Å². The van der Waals surface area contributed by atoms with Crippen molar-refractivity contribution in [2.75, 3.05) is 13.1 Å². The number of likely N-dealkylation sites (tertiary alicyclic amines) is 1. The fourth-order valence-electron chi connectivity index (χ4n) is 3.26. The lowest BCUT2D eigenvalue weighted by molar-refractivity contribution is 0.0665. The van der Waals surface area contributed by atoms with Crippen LogP contribution >= 0.6 is 36.2 Å². The van der Waals surface area contributed by atoms with E-state index in [9.17, 15) is 4.79 Å². The van der Waals surface area contributed by atoms with Gasteiger partial charge in [0, 0.05) is 25.6 Å². The highest BCUT2D eigenvalue weighted by Crippen LogP contribution is 2.26. The van der Waals surface area contributed by atoms with E-state index in [1.165, 1.54) is 16.9 Å². The highest BCUT2D eigenvalue weighted by Gasteiger charge is 2.28. The van der Waals surface area contributed by atoms with Crippen LogP contribution in [0.2, 0.25) is 0 Å². The van der Waals surface area contributed by atoms with Gasteiger partial charge in [0.15, 0.2) is 0 Å². The van der Waals surface area contributed by atoms with E-state index in [0.29, 0.717) is 5.92 Å². The summed E-state index contributed by atoms with van der Waals surface area (Å²) in [4.78, 5) is 20.3. The number of benzene rings is 1. The Morgan fingerprint density at radius 1 is 1.35 bits per heavy atom. The van der Waals surface area contributed by atoms with Gasteiger partial charge in [-0.2, -0.15) is 0 Å². The molecule has 4 nitrogen and oxygen atoms in total. The Bertz CT molecular complexity index is 706. The topological polar surface area (TPSA) is 59.2 Å². The van der Waals surface area contributed by atoms with E-state index < -0.39 is 0 Å². The molecule has 1 aromatic carbocycles. The quantitative estimate of drug-likeness (QED) is 0.817. The minimum Gasteiger partial charge on any atom is -0.338 e. The van der Waals surface area contributed by atoms with Crippen molar-refractivity contribution in [3.63, 3.8) is 0 Å². The molecule has 2 atom stereocenters. The van der Waals surface area contributed by atoms with E-state index in [4.69, 9.17) is 5.73 Å². The van der Waals surface area contributed by atoms with E-state index in [0.717, 1.165) is 47.9 Å². The molecule has 1 aliphatic heterocycles. The zero-order valence-electron chi connectivity index (χ0n) is 15.2. The highest BCUT2D eigenvalue weighted by molar-refractivity contribution is 7.13. The summed E-state index contributed by atoms with van der Waals surface area (Å²) in [6.45, 7) is 5.56. The molecular weight excluding hydrogens is 389 g/mol. The molecule has 2 N–H and O–H groups in total. The molecule has 0 radical (unpaired) electrons. The maximum atomic E-state index is 12.9. The van der Waals surface area contributed by atoms with Gasteiger partial charge < -0.3 is 10.6 Å². The van der Waals surface area contributed by atoms with E-state index in [1.807, 2.05) is 36.9 Å². The molecule has 1 saturated heterocycles. The van der Waals surface area contributed by atoms with Crippen LogP contribution in [0.5, 0.6) is 0 Å². The molecule has 3 rings (SSSR count). The summed E-state index contributed by atoms with van der Waals surface area (Å²) in [5, 5.41) is 1.00. The average molecular weight is 416 g/mol. The van der Waals surface area contributed by atoms with Crippen LogP contribution in [0, 0.1) is 12.8 Å². The maximum Gasteiger partial charge on any atom is 0.265 e. The molecule has 1 amide bonds. The highest BCUT2D eigenvalue weighted by atomic mass is 35.5. The van der Waals surface area contributed by atoms with Crippen molar-refractivity contribution in [3.8, 4) is 0 Å². The first-order valence-corrected chi connectivity index (χ1v) is 9.41. The summed E-state index contributed by atoms with van der Waals surface area (Å²) in [5.74, 6) is 0.523. The average Bonchev–Trinajstić information content (AvgIpc) is 2.95. The maximum absolute atomic E-state index is 12.9. The van der Waals surface area contributed by atoms with Crippen molar-refractivity contribution < 1.29 is 4.79 Å². The Kier molecular flexibility index (Phi) is 9.04. The minimum atomic E-state index is 0. The van der Waals surface area contributed by atoms with Gasteiger partial charge in [-0.25, -0.2) is 4.98 Å². The summed E-state index contributed by atoms with van der Waals surface area (Å²) in [5.41, 5.74) is 8.11. The Balaban J connectivity index is 0.00000169. The molecule has 0 spiro atoms. The van der Waals surface area contributed by atoms with Crippen molar-refractivity contribution in [1.82, 2.24) is 9.88 Å². The lowest BCUT2D eigenvalue weighted by atomic mass is 9.92. The van der Waals surface area contributed by atoms with Crippen molar-refractivity contribution in [2.45, 2.75) is 39.2 Å². The second-order valence-corrected chi connectivity index (χ2v) is 7.78. The number of aromatic nitrogens is 1. The molecule has 144 valence electrons. The van der Waals surface area contributed by atoms with Crippen LogP contribution in [-0.4, -0.2) is 34.9 Å². The minimum absolute atomic E-state index is 0. The molecule has 0 saturated carbocycles. The Labute approximate surface area is 172 Å². The van der Waals surface area contributed by atoms with E-state index in [-0.39, 0.29) is 36.8 Å². The predicted molar refractivity (Wildman–Crippen MR) is 113 cm³/mol. The number of hydrogen-bond acceptors (Lipinski definition) is 4. The fourth-order valence-corrected chi connectivity index (χ4v) is 4.33. The lowest BCUT2D eigenvalue weighted by Crippen LogP contribution is -2.45. The van der Waals surface area contributed by atoms with Crippen LogP contribution in [0.3, 0.4) is 0 Å². The third-order valence-electron chi connectivity index (χ3n) is 4.72. The van der Waals surface area contributed by atoms with Crippen molar-refractivity contribution in [3.05, 3.63) is 51.5 Å². The fraction of sp³-hybridized carbons (Fsp3) is 0.474. The Morgan fingerprint density at radius 3 is 2.69 bits per heavy atom. The molecule has 0 bridgehead atoms. The molecule has 2 unspecified atom stereocenters. The Hall–Kier alpha value is -1.14. The van der Waals surface area contributed by atoms with E-state index >= 15 is 0 Å². The van der Waals surface area contributed by atoms with Crippen molar-refractivity contribution >= 4 is 42.1 Å². The lowest BCUT2D eigenvalue weighted by Gasteiger charge is -2.34. The second-order valence-electron chi connectivity index (χ2n) is 6.70. The standard InChI is InChI=1S/C19H25N3OS.2ClH/c1-13(20)16-9-6-10-22(12-16)19(23)18-14(2)21-17(24-18)11-15-7-4-3-5-8-15;;/h3-5,7-8,13,16H,6,9-12,20H2,1-2H3;2*1H. The van der Waals surface area contributed by atoms with Gasteiger partial charge in [0.2, 0.25) is 0 Å². The first kappa shape index (κ1) is 22.9. The first-order valence-electron chi connectivity index (χ1n) is 8.59. The molecule has 7 heteroatoms. The number of piperidine rings is 1. The zero-order chi connectivity index (χ0) is 17.1. The smallest absolute Gasteiger partial charge is 0.265 e. The van der Waals surface area contributed by atoms with Crippen LogP contribution in [0.4, 0.5) is 0 Å². The van der Waals surface area contributed by atoms with Crippen molar-refractivity contribution in [2.24, 2.45) is 11.7 Å². The summed E-state index contributed by atoms with van der Waals surface area (Å²) in [6, 6.07) is 10.4. The number of carbonyl (C=O) groups excluding carboxylic acids is 1. The summed E-state index contributed by atoms with van der Waals surface area (Å²) >= 11 is 1.53. The molecular formula is C19H27Cl2N3OS. The van der Waals surface area contributed by atoms with Crippen LogP contribution in [0.25, 0.3) is 0 Å². The summed E-state index contributed by atoms with van der Waals surface area (Å²) in [6.07, 6.45) is 2.93. The molecule has 26 heavy (non-hydrogen) atoms. The third-order valence-corrected chi connectivity index (χ3v) is 5.87. The largest absolute Gasteiger partial charge is 0.338 e. The van der Waals surface area contributed by atoms with Gasteiger partial charge in [-0.3, -0.25) is 4.79 Å². The van der Waals surface area contributed by atoms with Crippen LogP contribution in [0.15, 0.2) is 30.3 Å². The molecule has 2 heterocycles. The number of thiazole rings is 1. The first-order chi connectivity index (χ1) is 11.5. The third kappa shape index (κ3) is 5.43. The van der Waals surface area contributed by atoms with Gasteiger partial charge in [-0.15, -0.1) is 36.2 Å². The van der Waals surface area contributed by atoms with Gasteiger partial charge in [0.25, 0.3) is 5.91 Å². The van der Waals surface area contributed by atoms with Gasteiger partial charge in [-0.05, 0) is 38.2 Å². The van der Waals surface area contributed by atoms with Gasteiger partial charge >= 0.3 is 0 Å². The zero-order valence-corrected chi connectivity index (χ0v) is 17.6. The van der Waals surface area contributed by atoms with Crippen LogP contribution < -0.4 is 5.73 Å². The number of aryl methyl sites for hydroxylation is 1. The number of amides is 1. The molecule has 0 aliphatic carbocycles. The van der Waals surface area contributed by atoms with Gasteiger partial charge in [0.1, 0.15) is 4.88 Å². The number of halogens is 2. The number of hydrogen-bond donors (Lipinski definition) is 1. The van der Waals surface area contributed by atoms with Crippen LogP contribution in [0.1, 0.15) is 45.7 Å². The normalized spacial score (nSPS) is 17.8. The number of nitrogens with two attached hydrogens (primary N) is 1. The molecule has 1 aliphatic rings. The van der Waals surface area contributed by atoms with Gasteiger partial charge in [-0.1, -0.05) is 30.3 Å². The number of rotatable bonds is 4. The van der Waals surface area contributed by atoms with Crippen molar-refractivity contribution in [1.29, 1.82) is 0 Å². The van der Waals surface area contributed by atoms with Gasteiger partial charge in [0.05, 0.1) is 10.7 Å². The SMILES string of the molecule is Cc1nc(Cc2ccccc2)sc1C(=O)N1CCCC(C(C)N)C1.Cl.Cl. The Morgan fingerprint density at radius 2 is 2.04 bits per heavy atom. The number of nitrogens with zero attached hydrogens (tertiary/aromatic N) is 2. The van der Waals surface area contributed by atoms with Crippen LogP contribution in [-0.2, 0) is 6.42 Å².